The minimum atomic E-state index is 0.463. The quantitative estimate of drug-likeness (QED) is 0.670. The van der Waals surface area contributed by atoms with Crippen LogP contribution in [-0.2, 0) is 0 Å². The zero-order chi connectivity index (χ0) is 15.4. The summed E-state index contributed by atoms with van der Waals surface area (Å²) in [5, 5.41) is 3.98. The van der Waals surface area contributed by atoms with Crippen LogP contribution in [0, 0.1) is 0 Å². The van der Waals surface area contributed by atoms with E-state index in [1.54, 1.807) is 12.4 Å². The highest BCUT2D eigenvalue weighted by molar-refractivity contribution is 5.59. The average molecular weight is 293 g/mol. The third kappa shape index (κ3) is 3.20. The molecule has 0 bridgehead atoms. The lowest BCUT2D eigenvalue weighted by atomic mass is 10.2. The molecular weight excluding hydrogens is 278 g/mol. The number of hydrogen-bond donors (Lipinski definition) is 0. The number of pyridine rings is 1. The average Bonchev–Trinajstić information content (AvgIpc) is 3.04. The van der Waals surface area contributed by atoms with Crippen molar-refractivity contribution in [3.8, 4) is 28.6 Å². The summed E-state index contributed by atoms with van der Waals surface area (Å²) in [5.41, 5.74) is 2.63. The van der Waals surface area contributed by atoms with E-state index in [-0.39, 0.29) is 0 Å². The molecule has 0 aliphatic heterocycles. The Morgan fingerprint density at radius 3 is 2.68 bits per heavy atom. The molecule has 0 saturated carbocycles. The van der Waals surface area contributed by atoms with Crippen LogP contribution in [0.3, 0.4) is 0 Å². The molecule has 1 aromatic carbocycles. The van der Waals surface area contributed by atoms with E-state index in [0.29, 0.717) is 18.3 Å². The van der Waals surface area contributed by atoms with E-state index in [1.807, 2.05) is 43.3 Å². The van der Waals surface area contributed by atoms with Gasteiger partial charge in [-0.25, -0.2) is 0 Å². The van der Waals surface area contributed by atoms with Crippen LogP contribution in [-0.4, -0.2) is 21.7 Å². The first-order valence-corrected chi connectivity index (χ1v) is 6.84. The van der Waals surface area contributed by atoms with Crippen molar-refractivity contribution in [3.63, 3.8) is 0 Å². The number of rotatable bonds is 5. The first-order chi connectivity index (χ1) is 10.7. The van der Waals surface area contributed by atoms with Crippen LogP contribution in [0.15, 0.2) is 65.5 Å². The van der Waals surface area contributed by atoms with Gasteiger partial charge in [-0.15, -0.1) is 0 Å². The Labute approximate surface area is 128 Å². The summed E-state index contributed by atoms with van der Waals surface area (Å²) >= 11 is 0. The topological polar surface area (TPSA) is 61.0 Å². The number of nitrogens with zero attached hydrogens (tertiary/aromatic N) is 3. The van der Waals surface area contributed by atoms with Gasteiger partial charge >= 0.3 is 0 Å². The van der Waals surface area contributed by atoms with Gasteiger partial charge in [-0.2, -0.15) is 4.98 Å². The van der Waals surface area contributed by atoms with Gasteiger partial charge in [-0.1, -0.05) is 11.7 Å². The Kier molecular flexibility index (Phi) is 3.96. The van der Waals surface area contributed by atoms with E-state index in [9.17, 15) is 0 Å². The molecule has 0 aliphatic rings. The Morgan fingerprint density at radius 1 is 1.18 bits per heavy atom. The highest BCUT2D eigenvalue weighted by Crippen LogP contribution is 2.23. The summed E-state index contributed by atoms with van der Waals surface area (Å²) in [6.07, 6.45) is 3.40. The Hall–Kier alpha value is -2.95. The predicted octanol–water partition coefficient (Wildman–Crippen LogP) is 3.75. The van der Waals surface area contributed by atoms with E-state index in [1.165, 1.54) is 0 Å². The summed E-state index contributed by atoms with van der Waals surface area (Å²) in [6.45, 7) is 6.23. The standard InChI is InChI=1S/C17H15N3O2/c1-12(2)11-21-15-7-5-13(6-8-15)17-19-16(20-22-17)14-4-3-9-18-10-14/h3-10H,1,11H2,2H3. The molecule has 3 rings (SSSR count). The number of aromatic nitrogens is 3. The molecule has 0 spiro atoms. The highest BCUT2D eigenvalue weighted by atomic mass is 16.5. The van der Waals surface area contributed by atoms with E-state index < -0.39 is 0 Å². The molecule has 0 saturated heterocycles. The van der Waals surface area contributed by atoms with Crippen molar-refractivity contribution in [2.24, 2.45) is 0 Å². The molecule has 2 aromatic heterocycles. The molecule has 0 unspecified atom stereocenters. The van der Waals surface area contributed by atoms with Crippen LogP contribution in [0.2, 0.25) is 0 Å². The summed E-state index contributed by atoms with van der Waals surface area (Å²) < 4.78 is 10.9. The van der Waals surface area contributed by atoms with Crippen molar-refractivity contribution < 1.29 is 9.26 Å². The van der Waals surface area contributed by atoms with Crippen LogP contribution in [0.5, 0.6) is 5.75 Å². The Balaban J connectivity index is 1.77. The first kappa shape index (κ1) is 14.0. The van der Waals surface area contributed by atoms with Gasteiger partial charge in [-0.3, -0.25) is 4.98 Å². The van der Waals surface area contributed by atoms with Crippen molar-refractivity contribution in [2.75, 3.05) is 6.61 Å². The lowest BCUT2D eigenvalue weighted by Crippen LogP contribution is -1.97. The fourth-order valence-electron chi connectivity index (χ4n) is 1.85. The van der Waals surface area contributed by atoms with Gasteiger partial charge < -0.3 is 9.26 Å². The molecule has 3 aromatic rings. The fraction of sp³-hybridized carbons (Fsp3) is 0.118. The third-order valence-electron chi connectivity index (χ3n) is 2.93. The van der Waals surface area contributed by atoms with Crippen LogP contribution >= 0.6 is 0 Å². The second-order valence-corrected chi connectivity index (χ2v) is 4.93. The molecule has 2 heterocycles. The monoisotopic (exact) mass is 293 g/mol. The van der Waals surface area contributed by atoms with Crippen molar-refractivity contribution >= 4 is 0 Å². The zero-order valence-corrected chi connectivity index (χ0v) is 12.2. The molecule has 0 N–H and O–H groups in total. The normalized spacial score (nSPS) is 10.4. The van der Waals surface area contributed by atoms with Crippen molar-refractivity contribution in [1.82, 2.24) is 15.1 Å². The molecular formula is C17H15N3O2. The molecule has 5 heteroatoms. The summed E-state index contributed by atoms with van der Waals surface area (Å²) in [6, 6.07) is 11.2. The Morgan fingerprint density at radius 2 is 2.00 bits per heavy atom. The lowest BCUT2D eigenvalue weighted by Gasteiger charge is -2.05. The van der Waals surface area contributed by atoms with Gasteiger partial charge in [0, 0.05) is 23.5 Å². The molecule has 5 nitrogen and oxygen atoms in total. The minimum absolute atomic E-state index is 0.463. The predicted molar refractivity (Wildman–Crippen MR) is 83.3 cm³/mol. The second kappa shape index (κ2) is 6.22. The van der Waals surface area contributed by atoms with Crippen LogP contribution in [0.4, 0.5) is 0 Å². The van der Waals surface area contributed by atoms with Crippen LogP contribution in [0.1, 0.15) is 6.92 Å². The van der Waals surface area contributed by atoms with Crippen molar-refractivity contribution in [2.45, 2.75) is 6.92 Å². The fourth-order valence-corrected chi connectivity index (χ4v) is 1.85. The molecule has 0 radical (unpaired) electrons. The molecule has 0 atom stereocenters. The maximum atomic E-state index is 5.56. The third-order valence-corrected chi connectivity index (χ3v) is 2.93. The van der Waals surface area contributed by atoms with Gasteiger partial charge in [0.05, 0.1) is 0 Å². The smallest absolute Gasteiger partial charge is 0.258 e. The molecule has 0 amide bonds. The van der Waals surface area contributed by atoms with Crippen LogP contribution in [0.25, 0.3) is 22.8 Å². The maximum absolute atomic E-state index is 5.56. The van der Waals surface area contributed by atoms with E-state index in [2.05, 4.69) is 21.7 Å². The lowest BCUT2D eigenvalue weighted by molar-refractivity contribution is 0.352. The number of hydrogen-bond acceptors (Lipinski definition) is 5. The van der Waals surface area contributed by atoms with Gasteiger partial charge in [0.25, 0.3) is 5.89 Å². The SMILES string of the molecule is C=C(C)COc1ccc(-c2nc(-c3cccnc3)no2)cc1. The molecule has 110 valence electrons. The molecule has 0 fully saturated rings. The van der Waals surface area contributed by atoms with Gasteiger partial charge in [0.2, 0.25) is 5.82 Å². The largest absolute Gasteiger partial charge is 0.489 e. The van der Waals surface area contributed by atoms with Crippen molar-refractivity contribution in [3.05, 3.63) is 60.9 Å². The van der Waals surface area contributed by atoms with E-state index in [0.717, 1.165) is 22.4 Å². The number of ether oxygens (including phenoxy) is 1. The highest BCUT2D eigenvalue weighted by Gasteiger charge is 2.10. The minimum Gasteiger partial charge on any atom is -0.489 e. The molecule has 22 heavy (non-hydrogen) atoms. The summed E-state index contributed by atoms with van der Waals surface area (Å²) in [5.74, 6) is 1.76. The van der Waals surface area contributed by atoms with Crippen molar-refractivity contribution in [1.29, 1.82) is 0 Å². The number of benzene rings is 1. The van der Waals surface area contributed by atoms with Gasteiger partial charge in [0.15, 0.2) is 0 Å². The maximum Gasteiger partial charge on any atom is 0.258 e. The van der Waals surface area contributed by atoms with Gasteiger partial charge in [0.1, 0.15) is 12.4 Å². The summed E-state index contributed by atoms with van der Waals surface area (Å²) in [7, 11) is 0. The zero-order valence-electron chi connectivity index (χ0n) is 12.2. The molecule has 0 aliphatic carbocycles. The first-order valence-electron chi connectivity index (χ1n) is 6.84. The second-order valence-electron chi connectivity index (χ2n) is 4.93. The van der Waals surface area contributed by atoms with E-state index >= 15 is 0 Å². The Bertz CT molecular complexity index is 764. The van der Waals surface area contributed by atoms with Gasteiger partial charge in [-0.05, 0) is 48.9 Å². The summed E-state index contributed by atoms with van der Waals surface area (Å²) in [4.78, 5) is 8.43. The van der Waals surface area contributed by atoms with Crippen LogP contribution < -0.4 is 4.74 Å². The van der Waals surface area contributed by atoms with E-state index in [4.69, 9.17) is 9.26 Å².